The van der Waals surface area contributed by atoms with Crippen LogP contribution < -0.4 is 4.74 Å². The number of aliphatic imine (C=N–C) groups is 1. The molecule has 1 unspecified atom stereocenters. The zero-order valence-electron chi connectivity index (χ0n) is 16.5. The van der Waals surface area contributed by atoms with E-state index in [0.717, 1.165) is 13.3 Å². The minimum atomic E-state index is -5.09. The molecule has 166 valence electrons. The van der Waals surface area contributed by atoms with Crippen LogP contribution in [0.4, 0.5) is 18.9 Å². The summed E-state index contributed by atoms with van der Waals surface area (Å²) < 4.78 is 44.2. The minimum absolute atomic E-state index is 0.275. The SMILES string of the molecule is COc1cc(C(F)(F)F)c([N+](=O)[O-])cc1C(O)=C(C=NC(C)C(C)(C)CO)C(=O)O. The first-order valence-electron chi connectivity index (χ1n) is 8.41. The van der Waals surface area contributed by atoms with Crippen LogP contribution in [-0.4, -0.2) is 52.2 Å². The second-order valence-electron chi connectivity index (χ2n) is 6.99. The van der Waals surface area contributed by atoms with Gasteiger partial charge in [-0.05, 0) is 6.92 Å². The number of alkyl halides is 3. The van der Waals surface area contributed by atoms with E-state index in [9.17, 15) is 43.4 Å². The summed E-state index contributed by atoms with van der Waals surface area (Å²) in [6.45, 7) is 4.61. The van der Waals surface area contributed by atoms with E-state index in [4.69, 9.17) is 4.74 Å². The number of nitrogens with zero attached hydrogens (tertiary/aromatic N) is 2. The lowest BCUT2D eigenvalue weighted by atomic mass is 9.87. The average Bonchev–Trinajstić information content (AvgIpc) is 2.65. The predicted molar refractivity (Wildman–Crippen MR) is 101 cm³/mol. The number of hydrogen-bond acceptors (Lipinski definition) is 7. The van der Waals surface area contributed by atoms with Crippen LogP contribution in [0.25, 0.3) is 5.76 Å². The molecule has 0 aliphatic rings. The quantitative estimate of drug-likeness (QED) is 0.187. The van der Waals surface area contributed by atoms with Gasteiger partial charge in [0.15, 0.2) is 0 Å². The van der Waals surface area contributed by atoms with E-state index in [1.54, 1.807) is 20.8 Å². The van der Waals surface area contributed by atoms with Crippen LogP contribution >= 0.6 is 0 Å². The number of benzene rings is 1. The van der Waals surface area contributed by atoms with E-state index in [1.165, 1.54) is 0 Å². The third-order valence-electron chi connectivity index (χ3n) is 4.53. The van der Waals surface area contributed by atoms with Crippen LogP contribution in [0.15, 0.2) is 22.7 Å². The topological polar surface area (TPSA) is 142 Å². The number of carboxylic acid groups (broad SMARTS) is 1. The molecule has 0 bridgehead atoms. The number of carbonyl (C=O) groups is 1. The van der Waals surface area contributed by atoms with Crippen molar-refractivity contribution < 1.29 is 42.9 Å². The maximum atomic E-state index is 13.1. The highest BCUT2D eigenvalue weighted by Crippen LogP contribution is 2.41. The van der Waals surface area contributed by atoms with Gasteiger partial charge in [-0.2, -0.15) is 13.2 Å². The van der Waals surface area contributed by atoms with Crippen LogP contribution in [0.2, 0.25) is 0 Å². The van der Waals surface area contributed by atoms with Crippen LogP contribution in [0.5, 0.6) is 5.75 Å². The predicted octanol–water partition coefficient (Wildman–Crippen LogP) is 3.45. The summed E-state index contributed by atoms with van der Waals surface area (Å²) in [6, 6.07) is 0.0839. The molecule has 1 aromatic rings. The number of hydrogen-bond donors (Lipinski definition) is 3. The number of aliphatic hydroxyl groups is 2. The van der Waals surface area contributed by atoms with Crippen molar-refractivity contribution in [2.45, 2.75) is 33.0 Å². The van der Waals surface area contributed by atoms with Crippen LogP contribution in [0, 0.1) is 15.5 Å². The van der Waals surface area contributed by atoms with Gasteiger partial charge in [-0.15, -0.1) is 0 Å². The van der Waals surface area contributed by atoms with Crippen molar-refractivity contribution in [3.8, 4) is 5.75 Å². The maximum Gasteiger partial charge on any atom is 0.423 e. The Bertz CT molecular complexity index is 893. The molecule has 0 heterocycles. The van der Waals surface area contributed by atoms with Gasteiger partial charge in [0.25, 0.3) is 5.69 Å². The highest BCUT2D eigenvalue weighted by Gasteiger charge is 2.40. The fourth-order valence-electron chi connectivity index (χ4n) is 2.18. The van der Waals surface area contributed by atoms with Crippen molar-refractivity contribution in [3.05, 3.63) is 38.9 Å². The molecule has 9 nitrogen and oxygen atoms in total. The van der Waals surface area contributed by atoms with Gasteiger partial charge in [0.05, 0.1) is 30.2 Å². The smallest absolute Gasteiger partial charge is 0.423 e. The number of nitro benzene ring substituents is 1. The van der Waals surface area contributed by atoms with E-state index in [2.05, 4.69) is 4.99 Å². The highest BCUT2D eigenvalue weighted by molar-refractivity contribution is 6.14. The van der Waals surface area contributed by atoms with E-state index in [0.29, 0.717) is 12.1 Å². The monoisotopic (exact) mass is 434 g/mol. The van der Waals surface area contributed by atoms with Crippen molar-refractivity contribution in [2.75, 3.05) is 13.7 Å². The summed E-state index contributed by atoms with van der Waals surface area (Å²) in [5.74, 6) is -3.38. The Labute approximate surface area is 169 Å². The molecule has 1 atom stereocenters. The number of ether oxygens (including phenoxy) is 1. The normalized spacial score (nSPS) is 14.4. The van der Waals surface area contributed by atoms with Crippen molar-refractivity contribution in [3.63, 3.8) is 0 Å². The number of aliphatic hydroxyl groups excluding tert-OH is 2. The number of carboxylic acids is 1. The summed E-state index contributed by atoms with van der Waals surface area (Å²) in [6.07, 6.45) is -4.32. The van der Waals surface area contributed by atoms with Gasteiger partial charge in [0, 0.05) is 23.8 Å². The van der Waals surface area contributed by atoms with Crippen molar-refractivity contribution >= 4 is 23.6 Å². The summed E-state index contributed by atoms with van der Waals surface area (Å²) in [5, 5.41) is 40.3. The van der Waals surface area contributed by atoms with Crippen LogP contribution in [-0.2, 0) is 11.0 Å². The van der Waals surface area contributed by atoms with Gasteiger partial charge in [-0.3, -0.25) is 15.1 Å². The van der Waals surface area contributed by atoms with Crippen molar-refractivity contribution in [1.82, 2.24) is 0 Å². The second-order valence-corrected chi connectivity index (χ2v) is 6.99. The summed E-state index contributed by atoms with van der Waals surface area (Å²) in [5.41, 5.74) is -5.20. The van der Waals surface area contributed by atoms with E-state index < -0.39 is 62.4 Å². The number of halogens is 3. The molecule has 1 rings (SSSR count). The Morgan fingerprint density at radius 3 is 2.30 bits per heavy atom. The third-order valence-corrected chi connectivity index (χ3v) is 4.53. The lowest BCUT2D eigenvalue weighted by Crippen LogP contribution is -2.29. The molecule has 0 saturated heterocycles. The van der Waals surface area contributed by atoms with Gasteiger partial charge >= 0.3 is 12.1 Å². The summed E-state index contributed by atoms with van der Waals surface area (Å²) in [7, 11) is 0.957. The first kappa shape index (κ1) is 24.9. The van der Waals surface area contributed by atoms with E-state index in [1.807, 2.05) is 0 Å². The maximum absolute atomic E-state index is 13.1. The van der Waals surface area contributed by atoms with E-state index >= 15 is 0 Å². The first-order valence-corrected chi connectivity index (χ1v) is 8.41. The Morgan fingerprint density at radius 1 is 1.33 bits per heavy atom. The second kappa shape index (κ2) is 9.11. The summed E-state index contributed by atoms with van der Waals surface area (Å²) >= 11 is 0. The van der Waals surface area contributed by atoms with Crippen LogP contribution in [0.3, 0.4) is 0 Å². The Balaban J connectivity index is 3.72. The molecule has 0 saturated carbocycles. The molecule has 0 spiro atoms. The lowest BCUT2D eigenvalue weighted by Gasteiger charge is -2.26. The average molecular weight is 434 g/mol. The van der Waals surface area contributed by atoms with Crippen molar-refractivity contribution in [1.29, 1.82) is 0 Å². The molecule has 12 heteroatoms. The standard InChI is InChI=1S/C18H21F3N2O7/c1-9(17(2,3)8-24)22-7-11(16(26)27)15(25)10-5-13(23(28)29)12(18(19,20)21)6-14(10)30-4/h5-7,9,24-25H,8H2,1-4H3,(H,26,27). The molecule has 0 fully saturated rings. The molecule has 3 N–H and O–H groups in total. The molecule has 0 aliphatic heterocycles. The Hall–Kier alpha value is -3.15. The van der Waals surface area contributed by atoms with E-state index in [-0.39, 0.29) is 6.61 Å². The molecule has 0 radical (unpaired) electrons. The Kier molecular flexibility index (Phi) is 7.56. The summed E-state index contributed by atoms with van der Waals surface area (Å²) in [4.78, 5) is 25.3. The number of methoxy groups -OCH3 is 1. The van der Waals surface area contributed by atoms with Crippen molar-refractivity contribution in [2.24, 2.45) is 10.4 Å². The van der Waals surface area contributed by atoms with Crippen LogP contribution in [0.1, 0.15) is 31.9 Å². The zero-order valence-corrected chi connectivity index (χ0v) is 16.5. The molecule has 1 aromatic carbocycles. The van der Waals surface area contributed by atoms with Gasteiger partial charge in [0.1, 0.15) is 22.6 Å². The van der Waals surface area contributed by atoms with Gasteiger partial charge in [0.2, 0.25) is 0 Å². The molecular weight excluding hydrogens is 413 g/mol. The molecule has 0 aromatic heterocycles. The van der Waals surface area contributed by atoms with Gasteiger partial charge in [-0.1, -0.05) is 13.8 Å². The van der Waals surface area contributed by atoms with Gasteiger partial charge < -0.3 is 20.1 Å². The molecule has 0 amide bonds. The molecule has 0 aliphatic carbocycles. The largest absolute Gasteiger partial charge is 0.506 e. The minimum Gasteiger partial charge on any atom is -0.506 e. The third kappa shape index (κ3) is 5.47. The van der Waals surface area contributed by atoms with Gasteiger partial charge in [-0.25, -0.2) is 4.79 Å². The zero-order chi connectivity index (χ0) is 23.4. The first-order chi connectivity index (χ1) is 13.7. The highest BCUT2D eigenvalue weighted by atomic mass is 19.4. The Morgan fingerprint density at radius 2 is 1.90 bits per heavy atom. The fourth-order valence-corrected chi connectivity index (χ4v) is 2.18. The molecular formula is C18H21F3N2O7. The number of nitro groups is 1. The number of aliphatic carboxylic acids is 1. The fraction of sp³-hybridized carbons (Fsp3) is 0.444. The number of rotatable bonds is 8. The molecule has 30 heavy (non-hydrogen) atoms. The lowest BCUT2D eigenvalue weighted by molar-refractivity contribution is -0.388.